The largest absolute Gasteiger partial charge is 0.477 e. The molecule has 0 aliphatic carbocycles. The number of amides is 1. The molecule has 1 amide bonds. The molecular weight excluding hydrogens is 248 g/mol. The quantitative estimate of drug-likeness (QED) is 0.905. The minimum Gasteiger partial charge on any atom is -0.477 e. The van der Waals surface area contributed by atoms with E-state index in [1.165, 1.54) is 6.92 Å². The number of pyridine rings is 1. The number of nitrogens with zero attached hydrogens (tertiary/aromatic N) is 1. The van der Waals surface area contributed by atoms with Crippen molar-refractivity contribution in [3.8, 4) is 5.88 Å². The second-order valence-corrected chi connectivity index (χ2v) is 3.45. The molecule has 1 heterocycles. The fourth-order valence-electron chi connectivity index (χ4n) is 0.911. The number of carbonyl (C=O) groups excluding carboxylic acids is 1. The van der Waals surface area contributed by atoms with E-state index in [9.17, 15) is 4.79 Å². The minimum atomic E-state index is -0.151. The highest BCUT2D eigenvalue weighted by Gasteiger charge is 2.04. The van der Waals surface area contributed by atoms with Crippen LogP contribution in [0.15, 0.2) is 16.6 Å². The van der Waals surface area contributed by atoms with Gasteiger partial charge in [0.1, 0.15) is 5.82 Å². The Morgan fingerprint density at radius 3 is 2.93 bits per heavy atom. The second kappa shape index (κ2) is 4.95. The van der Waals surface area contributed by atoms with Crippen LogP contribution in [-0.2, 0) is 4.79 Å². The zero-order valence-electron chi connectivity index (χ0n) is 8.00. The minimum absolute atomic E-state index is 0.151. The van der Waals surface area contributed by atoms with Gasteiger partial charge in [-0.3, -0.25) is 4.79 Å². The molecule has 5 heteroatoms. The van der Waals surface area contributed by atoms with Gasteiger partial charge in [0, 0.05) is 6.92 Å². The smallest absolute Gasteiger partial charge is 0.229 e. The summed E-state index contributed by atoms with van der Waals surface area (Å²) in [5.74, 6) is 0.824. The third kappa shape index (κ3) is 2.99. The van der Waals surface area contributed by atoms with Crippen molar-refractivity contribution in [2.45, 2.75) is 13.8 Å². The highest BCUT2D eigenvalue weighted by Crippen LogP contribution is 2.24. The number of nitrogens with one attached hydrogen (secondary N) is 1. The van der Waals surface area contributed by atoms with Crippen LogP contribution in [0, 0.1) is 0 Å². The molecule has 0 atom stereocenters. The number of halogens is 1. The molecule has 0 saturated carbocycles. The predicted octanol–water partition coefficient (Wildman–Crippen LogP) is 2.20. The van der Waals surface area contributed by atoms with Gasteiger partial charge >= 0.3 is 0 Å². The molecule has 4 nitrogen and oxygen atoms in total. The van der Waals surface area contributed by atoms with Crippen LogP contribution < -0.4 is 10.1 Å². The van der Waals surface area contributed by atoms with Gasteiger partial charge in [0.25, 0.3) is 0 Å². The van der Waals surface area contributed by atoms with Gasteiger partial charge < -0.3 is 10.1 Å². The Morgan fingerprint density at radius 1 is 1.64 bits per heavy atom. The molecule has 14 heavy (non-hydrogen) atoms. The summed E-state index contributed by atoms with van der Waals surface area (Å²) in [6.07, 6.45) is 0. The van der Waals surface area contributed by atoms with Crippen molar-refractivity contribution >= 4 is 27.7 Å². The molecule has 0 radical (unpaired) electrons. The lowest BCUT2D eigenvalue weighted by molar-refractivity contribution is -0.114. The van der Waals surface area contributed by atoms with Gasteiger partial charge in [0.15, 0.2) is 0 Å². The number of hydrogen-bond donors (Lipinski definition) is 1. The number of hydrogen-bond acceptors (Lipinski definition) is 3. The van der Waals surface area contributed by atoms with Crippen molar-refractivity contribution in [2.75, 3.05) is 11.9 Å². The van der Waals surface area contributed by atoms with Gasteiger partial charge in [-0.05, 0) is 35.0 Å². The monoisotopic (exact) mass is 258 g/mol. The Morgan fingerprint density at radius 2 is 2.36 bits per heavy atom. The van der Waals surface area contributed by atoms with Crippen LogP contribution in [0.2, 0.25) is 0 Å². The van der Waals surface area contributed by atoms with E-state index in [1.54, 1.807) is 12.1 Å². The molecule has 0 aromatic carbocycles. The number of anilines is 1. The standard InChI is InChI=1S/C9H11BrN2O2/c1-3-14-9-7(10)4-5-8(12-9)11-6(2)13/h4-5H,3H2,1-2H3,(H,11,12,13). The Hall–Kier alpha value is -1.10. The molecule has 0 saturated heterocycles. The van der Waals surface area contributed by atoms with Crippen LogP contribution in [0.5, 0.6) is 5.88 Å². The highest BCUT2D eigenvalue weighted by atomic mass is 79.9. The van der Waals surface area contributed by atoms with E-state index < -0.39 is 0 Å². The van der Waals surface area contributed by atoms with E-state index in [0.29, 0.717) is 18.3 Å². The fraction of sp³-hybridized carbons (Fsp3) is 0.333. The molecule has 0 aliphatic rings. The van der Waals surface area contributed by atoms with Gasteiger partial charge in [-0.1, -0.05) is 0 Å². The maximum atomic E-state index is 10.8. The first-order valence-electron chi connectivity index (χ1n) is 4.20. The molecular formula is C9H11BrN2O2. The van der Waals surface area contributed by atoms with Crippen LogP contribution >= 0.6 is 15.9 Å². The zero-order chi connectivity index (χ0) is 10.6. The highest BCUT2D eigenvalue weighted by molar-refractivity contribution is 9.10. The molecule has 1 N–H and O–H groups in total. The lowest BCUT2D eigenvalue weighted by atomic mass is 10.4. The molecule has 76 valence electrons. The van der Waals surface area contributed by atoms with Crippen molar-refractivity contribution in [3.05, 3.63) is 16.6 Å². The molecule has 1 rings (SSSR count). The normalized spacial score (nSPS) is 9.64. The first-order valence-corrected chi connectivity index (χ1v) is 4.99. The SMILES string of the molecule is CCOc1nc(NC(C)=O)ccc1Br. The van der Waals surface area contributed by atoms with E-state index in [4.69, 9.17) is 4.74 Å². The molecule has 0 aliphatic heterocycles. The fourth-order valence-corrected chi connectivity index (χ4v) is 1.25. The third-order valence-corrected chi connectivity index (χ3v) is 2.00. The number of aromatic nitrogens is 1. The molecule has 0 bridgehead atoms. The lowest BCUT2D eigenvalue weighted by Crippen LogP contribution is -2.08. The Kier molecular flexibility index (Phi) is 3.88. The molecule has 0 fully saturated rings. The summed E-state index contributed by atoms with van der Waals surface area (Å²) in [6.45, 7) is 3.85. The van der Waals surface area contributed by atoms with E-state index in [1.807, 2.05) is 6.92 Å². The Labute approximate surface area is 90.8 Å². The maximum Gasteiger partial charge on any atom is 0.229 e. The summed E-state index contributed by atoms with van der Waals surface area (Å²) in [4.78, 5) is 14.9. The van der Waals surface area contributed by atoms with Crippen molar-refractivity contribution in [3.63, 3.8) is 0 Å². The van der Waals surface area contributed by atoms with Gasteiger partial charge in [0.2, 0.25) is 11.8 Å². The molecule has 1 aromatic rings. The van der Waals surface area contributed by atoms with Crippen LogP contribution in [0.3, 0.4) is 0 Å². The van der Waals surface area contributed by atoms with Crippen molar-refractivity contribution < 1.29 is 9.53 Å². The first-order chi connectivity index (χ1) is 6.63. The first kappa shape index (κ1) is 11.0. The van der Waals surface area contributed by atoms with Crippen molar-refractivity contribution in [2.24, 2.45) is 0 Å². The lowest BCUT2D eigenvalue weighted by Gasteiger charge is -2.06. The summed E-state index contributed by atoms with van der Waals surface area (Å²) < 4.78 is 6.02. The summed E-state index contributed by atoms with van der Waals surface area (Å²) in [5.41, 5.74) is 0. The van der Waals surface area contributed by atoms with E-state index in [0.717, 1.165) is 4.47 Å². The van der Waals surface area contributed by atoms with Gasteiger partial charge in [0.05, 0.1) is 11.1 Å². The Balaban J connectivity index is 2.88. The zero-order valence-corrected chi connectivity index (χ0v) is 9.59. The molecule has 0 spiro atoms. The average Bonchev–Trinajstić information content (AvgIpc) is 2.10. The number of ether oxygens (including phenoxy) is 1. The van der Waals surface area contributed by atoms with Crippen LogP contribution in [0.4, 0.5) is 5.82 Å². The summed E-state index contributed by atoms with van der Waals surface area (Å²) >= 11 is 3.30. The topological polar surface area (TPSA) is 51.2 Å². The summed E-state index contributed by atoms with van der Waals surface area (Å²) in [6, 6.07) is 3.48. The number of rotatable bonds is 3. The van der Waals surface area contributed by atoms with Crippen molar-refractivity contribution in [1.29, 1.82) is 0 Å². The third-order valence-electron chi connectivity index (χ3n) is 1.40. The van der Waals surface area contributed by atoms with E-state index in [2.05, 4.69) is 26.2 Å². The average molecular weight is 259 g/mol. The maximum absolute atomic E-state index is 10.8. The molecule has 0 unspecified atom stereocenters. The van der Waals surface area contributed by atoms with Crippen LogP contribution in [-0.4, -0.2) is 17.5 Å². The van der Waals surface area contributed by atoms with Crippen molar-refractivity contribution in [1.82, 2.24) is 4.98 Å². The van der Waals surface area contributed by atoms with Gasteiger partial charge in [-0.15, -0.1) is 0 Å². The van der Waals surface area contributed by atoms with Gasteiger partial charge in [-0.25, -0.2) is 0 Å². The summed E-state index contributed by atoms with van der Waals surface area (Å²) in [5, 5.41) is 2.58. The predicted molar refractivity (Wildman–Crippen MR) is 57.4 cm³/mol. The van der Waals surface area contributed by atoms with E-state index >= 15 is 0 Å². The van der Waals surface area contributed by atoms with Crippen LogP contribution in [0.1, 0.15) is 13.8 Å². The second-order valence-electron chi connectivity index (χ2n) is 2.60. The van der Waals surface area contributed by atoms with Crippen LogP contribution in [0.25, 0.3) is 0 Å². The Bertz CT molecular complexity index is 342. The van der Waals surface area contributed by atoms with Gasteiger partial charge in [-0.2, -0.15) is 4.98 Å². The molecule has 1 aromatic heterocycles. The van der Waals surface area contributed by atoms with E-state index in [-0.39, 0.29) is 5.91 Å². The summed E-state index contributed by atoms with van der Waals surface area (Å²) in [7, 11) is 0. The number of carbonyl (C=O) groups is 1.